The predicted octanol–water partition coefficient (Wildman–Crippen LogP) is 15.4. The molecule has 0 radical (unpaired) electrons. The highest BCUT2D eigenvalue weighted by molar-refractivity contribution is 6.34. The number of anilines is 6. The fourth-order valence-corrected chi connectivity index (χ4v) is 8.60. The van der Waals surface area contributed by atoms with Crippen LogP contribution in [0.5, 0.6) is 0 Å². The molecule has 0 bridgehead atoms. The monoisotopic (exact) mass is 800 g/mol. The minimum absolute atomic E-state index is 0.537. The molecule has 8 aromatic carbocycles. The molecule has 0 aromatic heterocycles. The van der Waals surface area contributed by atoms with E-state index in [9.17, 15) is 0 Å². The quantitative estimate of drug-likeness (QED) is 0.138. The second kappa shape index (κ2) is 16.6. The molecular formula is C57H44N4O. The zero-order valence-electron chi connectivity index (χ0n) is 34.6. The molecule has 62 heavy (non-hydrogen) atoms. The highest BCUT2D eigenvalue weighted by Gasteiger charge is 2.50. The van der Waals surface area contributed by atoms with Gasteiger partial charge < -0.3 is 14.5 Å². The van der Waals surface area contributed by atoms with Crippen LogP contribution in [0.25, 0.3) is 11.3 Å². The van der Waals surface area contributed by atoms with Crippen LogP contribution in [-0.2, 0) is 4.74 Å². The van der Waals surface area contributed by atoms with Crippen molar-refractivity contribution in [1.82, 2.24) is 0 Å². The van der Waals surface area contributed by atoms with Gasteiger partial charge in [0.25, 0.3) is 0 Å². The summed E-state index contributed by atoms with van der Waals surface area (Å²) in [5.41, 5.74) is 13.6. The van der Waals surface area contributed by atoms with E-state index >= 15 is 0 Å². The van der Waals surface area contributed by atoms with Crippen molar-refractivity contribution in [2.75, 3.05) is 9.80 Å². The molecule has 0 unspecified atom stereocenters. The normalized spacial score (nSPS) is 15.5. The standard InChI is InChI=1S/C57H44N4O/c1-57(2)53(41-33-37-49(38-34-41)60(45-25-13-5-14-26-45)46-27-15-6-16-28-46)51-52(55(57)58-43-21-9-3-10-22-43)54(62-56(51)59-44-23-11-4-12-24-44)42-35-39-50(40-36-42)61(47-29-17-7-18-30-47)48-31-19-8-20-32-48/h3-40H,1-2H3/b58-55-,59-56-. The van der Waals surface area contributed by atoms with Gasteiger partial charge in [-0.1, -0.05) is 135 Å². The van der Waals surface area contributed by atoms with Crippen molar-refractivity contribution < 1.29 is 4.74 Å². The summed E-state index contributed by atoms with van der Waals surface area (Å²) in [6.07, 6.45) is 0. The van der Waals surface area contributed by atoms with Gasteiger partial charge in [-0.15, -0.1) is 0 Å². The Labute approximate surface area is 363 Å². The molecule has 0 N–H and O–H groups in total. The van der Waals surface area contributed by atoms with Gasteiger partial charge in [-0.2, -0.15) is 0 Å². The number of nitrogens with zero attached hydrogens (tertiary/aromatic N) is 4. The molecule has 5 nitrogen and oxygen atoms in total. The van der Waals surface area contributed by atoms with E-state index in [1.165, 1.54) is 0 Å². The predicted molar refractivity (Wildman–Crippen MR) is 258 cm³/mol. The zero-order valence-corrected chi connectivity index (χ0v) is 34.6. The Hall–Kier alpha value is -8.02. The second-order valence-corrected chi connectivity index (χ2v) is 15.8. The summed E-state index contributed by atoms with van der Waals surface area (Å²) in [7, 11) is 0. The molecule has 1 aliphatic carbocycles. The van der Waals surface area contributed by atoms with Crippen molar-refractivity contribution in [3.05, 3.63) is 253 Å². The Bertz CT molecular complexity index is 2860. The van der Waals surface area contributed by atoms with Gasteiger partial charge in [0.2, 0.25) is 5.90 Å². The first-order chi connectivity index (χ1) is 30.5. The molecule has 8 aromatic rings. The Balaban J connectivity index is 1.15. The van der Waals surface area contributed by atoms with Crippen LogP contribution < -0.4 is 9.80 Å². The number of benzene rings is 8. The summed E-state index contributed by atoms with van der Waals surface area (Å²) in [6.45, 7) is 4.55. The topological polar surface area (TPSA) is 40.4 Å². The van der Waals surface area contributed by atoms with E-state index < -0.39 is 5.41 Å². The molecule has 0 spiro atoms. The largest absolute Gasteiger partial charge is 0.437 e. The van der Waals surface area contributed by atoms with Gasteiger partial charge in [-0.25, -0.2) is 4.99 Å². The highest BCUT2D eigenvalue weighted by atomic mass is 16.5. The van der Waals surface area contributed by atoms with Gasteiger partial charge in [-0.05, 0) is 120 Å². The summed E-state index contributed by atoms with van der Waals surface area (Å²) in [5.74, 6) is 1.29. The Kier molecular flexibility index (Phi) is 10.2. The maximum absolute atomic E-state index is 7.05. The second-order valence-electron chi connectivity index (χ2n) is 15.8. The molecule has 1 aliphatic heterocycles. The van der Waals surface area contributed by atoms with E-state index in [2.05, 4.69) is 194 Å². The van der Waals surface area contributed by atoms with E-state index in [1.54, 1.807) is 0 Å². The first-order valence-electron chi connectivity index (χ1n) is 21.0. The summed E-state index contributed by atoms with van der Waals surface area (Å²) < 4.78 is 7.05. The first kappa shape index (κ1) is 38.2. The molecule has 1 heterocycles. The molecule has 298 valence electrons. The maximum Gasteiger partial charge on any atom is 0.228 e. The fraction of sp³-hybridized carbons (Fsp3) is 0.0526. The third kappa shape index (κ3) is 7.31. The van der Waals surface area contributed by atoms with E-state index in [0.29, 0.717) is 5.90 Å². The third-order valence-electron chi connectivity index (χ3n) is 11.4. The molecule has 5 heteroatoms. The molecular weight excluding hydrogens is 757 g/mol. The van der Waals surface area contributed by atoms with Gasteiger partial charge in [0, 0.05) is 45.1 Å². The van der Waals surface area contributed by atoms with Crippen LogP contribution in [-0.4, -0.2) is 11.6 Å². The third-order valence-corrected chi connectivity index (χ3v) is 11.4. The zero-order chi connectivity index (χ0) is 41.9. The average molecular weight is 801 g/mol. The number of ether oxygens (including phenoxy) is 1. The molecule has 10 rings (SSSR count). The summed E-state index contributed by atoms with van der Waals surface area (Å²) >= 11 is 0. The number of allylic oxidation sites excluding steroid dienone is 1. The van der Waals surface area contributed by atoms with Crippen molar-refractivity contribution >= 4 is 68.4 Å². The van der Waals surface area contributed by atoms with Crippen molar-refractivity contribution in [1.29, 1.82) is 0 Å². The molecule has 0 fully saturated rings. The van der Waals surface area contributed by atoms with Crippen LogP contribution in [0.2, 0.25) is 0 Å². The van der Waals surface area contributed by atoms with Crippen LogP contribution in [0.4, 0.5) is 45.5 Å². The summed E-state index contributed by atoms with van der Waals surface area (Å²) in [5, 5.41) is 0. The number of para-hydroxylation sites is 6. The minimum atomic E-state index is -0.537. The van der Waals surface area contributed by atoms with Crippen LogP contribution in [0.3, 0.4) is 0 Å². The number of hydrogen-bond acceptors (Lipinski definition) is 5. The van der Waals surface area contributed by atoms with E-state index in [0.717, 1.165) is 84.8 Å². The Morgan fingerprint density at radius 2 is 0.694 bits per heavy atom. The molecule has 0 saturated heterocycles. The first-order valence-corrected chi connectivity index (χ1v) is 21.0. The van der Waals surface area contributed by atoms with Crippen LogP contribution in [0.15, 0.2) is 252 Å². The van der Waals surface area contributed by atoms with Gasteiger partial charge >= 0.3 is 0 Å². The number of hydrogen-bond donors (Lipinski definition) is 0. The van der Waals surface area contributed by atoms with Crippen LogP contribution in [0.1, 0.15) is 25.0 Å². The molecule has 2 aliphatic rings. The van der Waals surface area contributed by atoms with E-state index in [4.69, 9.17) is 14.7 Å². The smallest absolute Gasteiger partial charge is 0.228 e. The van der Waals surface area contributed by atoms with Crippen molar-refractivity contribution in [3.63, 3.8) is 0 Å². The van der Waals surface area contributed by atoms with Crippen molar-refractivity contribution in [3.8, 4) is 0 Å². The average Bonchev–Trinajstić information content (AvgIpc) is 3.79. The molecule has 0 amide bonds. The molecule has 0 saturated carbocycles. The van der Waals surface area contributed by atoms with E-state index in [1.807, 2.05) is 60.7 Å². The van der Waals surface area contributed by atoms with Gasteiger partial charge in [0.05, 0.1) is 28.2 Å². The maximum atomic E-state index is 7.05. The lowest BCUT2D eigenvalue weighted by Crippen LogP contribution is -2.22. The lowest BCUT2D eigenvalue weighted by atomic mass is 9.79. The summed E-state index contributed by atoms with van der Waals surface area (Å²) in [4.78, 5) is 15.2. The van der Waals surface area contributed by atoms with Gasteiger partial charge in [-0.3, -0.25) is 4.99 Å². The lowest BCUT2D eigenvalue weighted by molar-refractivity contribution is 0.520. The highest BCUT2D eigenvalue weighted by Crippen LogP contribution is 2.55. The number of fused-ring (bicyclic) bond motifs is 1. The van der Waals surface area contributed by atoms with Crippen LogP contribution >= 0.6 is 0 Å². The fourth-order valence-electron chi connectivity index (χ4n) is 8.60. The molecule has 0 atom stereocenters. The van der Waals surface area contributed by atoms with Crippen LogP contribution in [0, 0.1) is 5.41 Å². The number of rotatable bonds is 10. The van der Waals surface area contributed by atoms with Crippen molar-refractivity contribution in [2.24, 2.45) is 15.4 Å². The van der Waals surface area contributed by atoms with Gasteiger partial charge in [0.15, 0.2) is 0 Å². The van der Waals surface area contributed by atoms with E-state index in [-0.39, 0.29) is 0 Å². The minimum Gasteiger partial charge on any atom is -0.437 e. The van der Waals surface area contributed by atoms with Gasteiger partial charge in [0.1, 0.15) is 5.76 Å². The Morgan fingerprint density at radius 1 is 0.355 bits per heavy atom. The SMILES string of the molecule is CC1(C)C(c2ccc(N(c3ccccc3)c3ccccc3)cc2)=C2C(=C(c3ccc(N(c4ccccc4)c4ccccc4)cc3)O/C2=N\c2ccccc2)/C1=N/c1ccccc1. The Morgan fingerprint density at radius 3 is 1.10 bits per heavy atom. The van der Waals surface area contributed by atoms with Crippen molar-refractivity contribution in [2.45, 2.75) is 13.8 Å². The number of aliphatic imine (C=N–C) groups is 2. The lowest BCUT2D eigenvalue weighted by Gasteiger charge is -2.28. The summed E-state index contributed by atoms with van der Waals surface area (Å²) in [6, 6.07) is 79.7.